The first-order valence-corrected chi connectivity index (χ1v) is 9.79. The predicted molar refractivity (Wildman–Crippen MR) is 123 cm³/mol. The molecule has 31 heavy (non-hydrogen) atoms. The maximum Gasteiger partial charge on any atom is 0.391 e. The van der Waals surface area contributed by atoms with Crippen LogP contribution in [0.5, 0.6) is 0 Å². The van der Waals surface area contributed by atoms with Crippen LogP contribution in [-0.4, -0.2) is 15.9 Å². The number of nitrogens with two attached hydrogens (primary N) is 2. The van der Waals surface area contributed by atoms with Crippen LogP contribution in [0, 0.1) is 13.8 Å². The van der Waals surface area contributed by atoms with Crippen LogP contribution in [0.25, 0.3) is 10.9 Å². The average molecular weight is 414 g/mol. The lowest BCUT2D eigenvalue weighted by atomic mass is 10.1. The predicted octanol–water partition coefficient (Wildman–Crippen LogP) is 3.23. The largest absolute Gasteiger partial charge is 0.398 e. The number of pyridine rings is 1. The van der Waals surface area contributed by atoms with E-state index in [0.717, 1.165) is 22.5 Å². The number of anilines is 5. The minimum atomic E-state index is -0.259. The number of hydrogen-bond acceptors (Lipinski definition) is 6. The molecular formula is C23H24N7O+. The number of amides is 1. The van der Waals surface area contributed by atoms with Gasteiger partial charge in [-0.05, 0) is 44.2 Å². The summed E-state index contributed by atoms with van der Waals surface area (Å²) in [6.45, 7) is 3.80. The van der Waals surface area contributed by atoms with Crippen LogP contribution in [0.15, 0.2) is 54.6 Å². The van der Waals surface area contributed by atoms with E-state index in [1.54, 1.807) is 22.8 Å². The fourth-order valence-corrected chi connectivity index (χ4v) is 3.38. The van der Waals surface area contributed by atoms with Crippen molar-refractivity contribution >= 4 is 45.6 Å². The molecule has 0 bridgehead atoms. The van der Waals surface area contributed by atoms with Crippen LogP contribution in [0.3, 0.4) is 0 Å². The highest BCUT2D eigenvalue weighted by Crippen LogP contribution is 2.25. The highest BCUT2D eigenvalue weighted by Gasteiger charge is 2.14. The van der Waals surface area contributed by atoms with Gasteiger partial charge in [0, 0.05) is 34.2 Å². The molecule has 8 nitrogen and oxygen atoms in total. The van der Waals surface area contributed by atoms with Crippen molar-refractivity contribution in [3.05, 3.63) is 71.5 Å². The number of nitrogen functional groups attached to an aromatic ring is 2. The van der Waals surface area contributed by atoms with E-state index in [1.165, 1.54) is 0 Å². The maximum absolute atomic E-state index is 13.0. The number of aromatic nitrogens is 3. The van der Waals surface area contributed by atoms with Gasteiger partial charge in [-0.2, -0.15) is 0 Å². The first kappa shape index (κ1) is 20.1. The number of benzene rings is 2. The Labute approximate surface area is 179 Å². The summed E-state index contributed by atoms with van der Waals surface area (Å²) in [4.78, 5) is 21.9. The van der Waals surface area contributed by atoms with E-state index in [4.69, 9.17) is 11.5 Å². The van der Waals surface area contributed by atoms with Crippen molar-refractivity contribution in [2.24, 2.45) is 7.05 Å². The van der Waals surface area contributed by atoms with Crippen LogP contribution in [0.2, 0.25) is 0 Å². The lowest BCUT2D eigenvalue weighted by molar-refractivity contribution is -0.665. The Bertz CT molecular complexity index is 1290. The normalized spacial score (nSPS) is 10.8. The topological polar surface area (TPSA) is 123 Å². The third-order valence-electron chi connectivity index (χ3n) is 5.09. The van der Waals surface area contributed by atoms with Crippen LogP contribution in [0.4, 0.5) is 28.8 Å². The molecule has 0 aliphatic rings. The number of nitrogens with one attached hydrogen (secondary N) is 2. The van der Waals surface area contributed by atoms with Gasteiger partial charge in [0.15, 0.2) is 0 Å². The Kier molecular flexibility index (Phi) is 5.12. The van der Waals surface area contributed by atoms with Gasteiger partial charge in [0.2, 0.25) is 5.82 Å². The van der Waals surface area contributed by atoms with E-state index in [1.807, 2.05) is 57.3 Å². The molecule has 0 saturated heterocycles. The summed E-state index contributed by atoms with van der Waals surface area (Å²) >= 11 is 0. The van der Waals surface area contributed by atoms with Crippen molar-refractivity contribution < 1.29 is 9.36 Å². The molecule has 0 spiro atoms. The number of para-hydroxylation sites is 1. The van der Waals surface area contributed by atoms with Gasteiger partial charge < -0.3 is 16.4 Å². The van der Waals surface area contributed by atoms with E-state index in [0.29, 0.717) is 34.2 Å². The molecule has 0 unspecified atom stereocenters. The number of fused-ring (bicyclic) bond motifs is 1. The van der Waals surface area contributed by atoms with Gasteiger partial charge in [-0.25, -0.2) is 4.57 Å². The molecule has 0 saturated carbocycles. The molecule has 2 heterocycles. The van der Waals surface area contributed by atoms with Gasteiger partial charge in [0.25, 0.3) is 5.91 Å². The standard InChI is InChI=1S/C23H23N7O/c1-13-10-19(24)17-8-5-9-18(21(17)26-13)22(31)28-16-7-4-6-15(12-16)27-20-11-14(2)30(3)23(25)29-20/h4-12H,1-3H3,(H5,24,25,26,27,28,29,31)/p+1. The molecule has 2 aromatic heterocycles. The Balaban J connectivity index is 1.60. The third-order valence-corrected chi connectivity index (χ3v) is 5.09. The quantitative estimate of drug-likeness (QED) is 0.380. The number of nitrogens with zero attached hydrogens (tertiary/aromatic N) is 3. The zero-order chi connectivity index (χ0) is 22.1. The first-order chi connectivity index (χ1) is 14.8. The van der Waals surface area contributed by atoms with E-state index in [-0.39, 0.29) is 5.91 Å². The zero-order valence-electron chi connectivity index (χ0n) is 17.6. The van der Waals surface area contributed by atoms with Crippen molar-refractivity contribution in [2.45, 2.75) is 13.8 Å². The minimum Gasteiger partial charge on any atom is -0.398 e. The van der Waals surface area contributed by atoms with Crippen LogP contribution >= 0.6 is 0 Å². The summed E-state index contributed by atoms with van der Waals surface area (Å²) in [5.74, 6) is 0.774. The third kappa shape index (κ3) is 4.09. The summed E-state index contributed by atoms with van der Waals surface area (Å²) < 4.78 is 1.80. The number of aryl methyl sites for hydroxylation is 2. The highest BCUT2D eigenvalue weighted by molar-refractivity contribution is 6.13. The molecule has 6 N–H and O–H groups in total. The summed E-state index contributed by atoms with van der Waals surface area (Å²) in [5.41, 5.74) is 16.8. The van der Waals surface area contributed by atoms with Crippen LogP contribution in [-0.2, 0) is 7.05 Å². The van der Waals surface area contributed by atoms with Gasteiger partial charge in [-0.3, -0.25) is 15.5 Å². The van der Waals surface area contributed by atoms with E-state index >= 15 is 0 Å². The van der Waals surface area contributed by atoms with Gasteiger partial charge in [-0.15, -0.1) is 0 Å². The van der Waals surface area contributed by atoms with Gasteiger partial charge >= 0.3 is 5.95 Å². The van der Waals surface area contributed by atoms with E-state index < -0.39 is 0 Å². The van der Waals surface area contributed by atoms with Gasteiger partial charge in [-0.1, -0.05) is 23.2 Å². The lowest BCUT2D eigenvalue weighted by Crippen LogP contribution is -2.36. The number of carbonyl (C=O) groups excluding carboxylic acids is 1. The smallest absolute Gasteiger partial charge is 0.391 e. The lowest BCUT2D eigenvalue weighted by Gasteiger charge is -2.11. The van der Waals surface area contributed by atoms with Gasteiger partial charge in [0.1, 0.15) is 0 Å². The van der Waals surface area contributed by atoms with E-state index in [2.05, 4.69) is 20.6 Å². The molecule has 8 heteroatoms. The maximum atomic E-state index is 13.0. The SMILES string of the molecule is Cc1cc(N)c2cccc(C(=O)Nc3cccc(Nc4cc(C)[n+](C)c(N)n4)c3)c2n1. The van der Waals surface area contributed by atoms with Crippen molar-refractivity contribution in [3.63, 3.8) is 0 Å². The fraction of sp³-hybridized carbons (Fsp3) is 0.130. The molecule has 2 aromatic carbocycles. The summed E-state index contributed by atoms with van der Waals surface area (Å²) in [6, 6.07) is 16.5. The summed E-state index contributed by atoms with van der Waals surface area (Å²) in [6.07, 6.45) is 0. The fourth-order valence-electron chi connectivity index (χ4n) is 3.38. The summed E-state index contributed by atoms with van der Waals surface area (Å²) in [7, 11) is 1.86. The Morgan fingerprint density at radius 3 is 2.48 bits per heavy atom. The van der Waals surface area contributed by atoms with Crippen LogP contribution < -0.4 is 26.7 Å². The van der Waals surface area contributed by atoms with Gasteiger partial charge in [0.05, 0.1) is 23.8 Å². The second-order valence-electron chi connectivity index (χ2n) is 7.41. The Hall–Kier alpha value is -4.20. The first-order valence-electron chi connectivity index (χ1n) is 9.79. The van der Waals surface area contributed by atoms with Crippen LogP contribution in [0.1, 0.15) is 21.7 Å². The molecule has 4 aromatic rings. The number of rotatable bonds is 4. The molecule has 0 aliphatic heterocycles. The Morgan fingerprint density at radius 1 is 0.968 bits per heavy atom. The molecule has 156 valence electrons. The molecule has 0 fully saturated rings. The second kappa shape index (κ2) is 7.91. The van der Waals surface area contributed by atoms with Crippen molar-refractivity contribution in [1.82, 2.24) is 9.97 Å². The number of carbonyl (C=O) groups is 1. The second-order valence-corrected chi connectivity index (χ2v) is 7.41. The Morgan fingerprint density at radius 2 is 1.71 bits per heavy atom. The minimum absolute atomic E-state index is 0.259. The van der Waals surface area contributed by atoms with E-state index in [9.17, 15) is 4.79 Å². The molecule has 0 radical (unpaired) electrons. The monoisotopic (exact) mass is 414 g/mol. The molecule has 0 atom stereocenters. The molecular weight excluding hydrogens is 390 g/mol. The van der Waals surface area contributed by atoms with Crippen molar-refractivity contribution in [2.75, 3.05) is 22.1 Å². The van der Waals surface area contributed by atoms with Crippen molar-refractivity contribution in [1.29, 1.82) is 0 Å². The number of hydrogen-bond donors (Lipinski definition) is 4. The zero-order valence-corrected chi connectivity index (χ0v) is 17.6. The van der Waals surface area contributed by atoms with Crippen molar-refractivity contribution in [3.8, 4) is 0 Å². The molecule has 4 rings (SSSR count). The molecule has 1 amide bonds. The molecule has 0 aliphatic carbocycles. The highest BCUT2D eigenvalue weighted by atomic mass is 16.1. The summed E-state index contributed by atoms with van der Waals surface area (Å²) in [5, 5.41) is 6.92. The average Bonchev–Trinajstić information content (AvgIpc) is 2.71.